The lowest BCUT2D eigenvalue weighted by Crippen LogP contribution is -2.23. The van der Waals surface area contributed by atoms with E-state index >= 15 is 0 Å². The van der Waals surface area contributed by atoms with Crippen molar-refractivity contribution in [1.29, 1.82) is 0 Å². The number of nitrogens with zero attached hydrogens (tertiary/aromatic N) is 5. The van der Waals surface area contributed by atoms with Crippen molar-refractivity contribution in [3.8, 4) is 5.69 Å². The Balaban J connectivity index is 2.53. The molecule has 0 atom stereocenters. The first-order chi connectivity index (χ1) is 10.4. The van der Waals surface area contributed by atoms with Crippen LogP contribution in [0.4, 0.5) is 8.78 Å². The number of aryl methyl sites for hydroxylation is 1. The van der Waals surface area contributed by atoms with Gasteiger partial charge in [-0.2, -0.15) is 9.36 Å². The first-order valence-corrected chi connectivity index (χ1v) is 6.44. The highest BCUT2D eigenvalue weighted by Gasteiger charge is 2.20. The van der Waals surface area contributed by atoms with Crippen LogP contribution in [0.1, 0.15) is 31.4 Å². The Kier molecular flexibility index (Phi) is 4.64. The molecule has 0 amide bonds. The van der Waals surface area contributed by atoms with Gasteiger partial charge in [0.2, 0.25) is 0 Å². The minimum Gasteiger partial charge on any atom is -0.391 e. The van der Waals surface area contributed by atoms with Crippen molar-refractivity contribution >= 4 is 5.71 Å². The van der Waals surface area contributed by atoms with Crippen LogP contribution < -0.4 is 5.69 Å². The minimum absolute atomic E-state index is 0.144. The quantitative estimate of drug-likeness (QED) is 0.623. The first kappa shape index (κ1) is 15.8. The molecule has 0 bridgehead atoms. The lowest BCUT2D eigenvalue weighted by Gasteiger charge is -2.12. The van der Waals surface area contributed by atoms with Crippen molar-refractivity contribution in [2.24, 2.45) is 12.2 Å². The summed E-state index contributed by atoms with van der Waals surface area (Å²) in [6.45, 7) is 3.23. The Bertz CT molecular complexity index is 747. The Hall–Kier alpha value is -2.58. The van der Waals surface area contributed by atoms with Crippen molar-refractivity contribution in [2.45, 2.75) is 26.9 Å². The van der Waals surface area contributed by atoms with Crippen LogP contribution in [-0.2, 0) is 18.5 Å². The molecule has 7 nitrogen and oxygen atoms in total. The molecule has 0 aliphatic carbocycles. The molecule has 0 N–H and O–H groups in total. The third-order valence-electron chi connectivity index (χ3n) is 2.83. The van der Waals surface area contributed by atoms with Crippen LogP contribution >= 0.6 is 0 Å². The van der Waals surface area contributed by atoms with E-state index in [1.807, 2.05) is 0 Å². The van der Waals surface area contributed by atoms with Gasteiger partial charge in [-0.3, -0.25) is 0 Å². The number of alkyl halides is 2. The molecule has 0 unspecified atom stereocenters. The Morgan fingerprint density at radius 3 is 2.64 bits per heavy atom. The topological polar surface area (TPSA) is 74.3 Å². The highest BCUT2D eigenvalue weighted by Crippen LogP contribution is 2.27. The number of tetrazole rings is 1. The predicted molar refractivity (Wildman–Crippen MR) is 75.1 cm³/mol. The zero-order chi connectivity index (χ0) is 16.3. The van der Waals surface area contributed by atoms with Crippen LogP contribution in [-0.4, -0.2) is 25.5 Å². The van der Waals surface area contributed by atoms with Crippen molar-refractivity contribution in [3.63, 3.8) is 0 Å². The van der Waals surface area contributed by atoms with E-state index in [-0.39, 0.29) is 23.4 Å². The molecular formula is C13H15F2N5O2. The zero-order valence-corrected chi connectivity index (χ0v) is 12.3. The predicted octanol–water partition coefficient (Wildman–Crippen LogP) is 1.82. The summed E-state index contributed by atoms with van der Waals surface area (Å²) in [6, 6.07) is 4.20. The van der Waals surface area contributed by atoms with Crippen LogP contribution in [0.2, 0.25) is 0 Å². The van der Waals surface area contributed by atoms with Crippen LogP contribution in [0, 0.1) is 0 Å². The summed E-state index contributed by atoms with van der Waals surface area (Å²) < 4.78 is 28.3. The van der Waals surface area contributed by atoms with E-state index in [9.17, 15) is 13.6 Å². The maximum atomic E-state index is 13.2. The van der Waals surface area contributed by atoms with Gasteiger partial charge in [0.25, 0.3) is 6.43 Å². The van der Waals surface area contributed by atoms with Gasteiger partial charge >= 0.3 is 5.69 Å². The molecule has 0 aliphatic heterocycles. The van der Waals surface area contributed by atoms with Crippen LogP contribution in [0.3, 0.4) is 0 Å². The van der Waals surface area contributed by atoms with E-state index in [4.69, 9.17) is 4.84 Å². The Morgan fingerprint density at radius 2 is 2.09 bits per heavy atom. The fraction of sp³-hybridized carbons (Fsp3) is 0.385. The first-order valence-electron chi connectivity index (χ1n) is 6.44. The van der Waals surface area contributed by atoms with Gasteiger partial charge in [-0.1, -0.05) is 17.3 Å². The number of halogens is 2. The third-order valence-corrected chi connectivity index (χ3v) is 2.83. The van der Waals surface area contributed by atoms with E-state index < -0.39 is 12.1 Å². The van der Waals surface area contributed by atoms with Gasteiger partial charge in [0.05, 0.1) is 11.4 Å². The van der Waals surface area contributed by atoms with Gasteiger partial charge < -0.3 is 4.84 Å². The van der Waals surface area contributed by atoms with E-state index in [2.05, 4.69) is 15.6 Å². The third kappa shape index (κ3) is 3.18. The molecule has 118 valence electrons. The number of rotatable bonds is 5. The van der Waals surface area contributed by atoms with Gasteiger partial charge in [0.15, 0.2) is 0 Å². The van der Waals surface area contributed by atoms with E-state index in [0.29, 0.717) is 5.71 Å². The molecule has 2 rings (SSSR count). The van der Waals surface area contributed by atoms with Crippen molar-refractivity contribution in [3.05, 3.63) is 39.8 Å². The van der Waals surface area contributed by atoms with E-state index in [0.717, 1.165) is 9.36 Å². The van der Waals surface area contributed by atoms with Crippen LogP contribution in [0.25, 0.3) is 5.69 Å². The normalized spacial score (nSPS) is 10.8. The number of hydrogen-bond donors (Lipinski definition) is 0. The fourth-order valence-electron chi connectivity index (χ4n) is 1.84. The largest absolute Gasteiger partial charge is 0.391 e. The average Bonchev–Trinajstić information content (AvgIpc) is 2.78. The summed E-state index contributed by atoms with van der Waals surface area (Å²) >= 11 is 0. The van der Waals surface area contributed by atoms with E-state index in [1.165, 1.54) is 25.2 Å². The molecule has 0 saturated heterocycles. The summed E-state index contributed by atoms with van der Waals surface area (Å²) in [4.78, 5) is 17.0. The molecular weight excluding hydrogens is 296 g/mol. The summed E-state index contributed by atoms with van der Waals surface area (Å²) in [7, 11) is 1.42. The number of benzene rings is 1. The molecule has 1 aromatic heterocycles. The van der Waals surface area contributed by atoms with E-state index in [1.54, 1.807) is 13.8 Å². The summed E-state index contributed by atoms with van der Waals surface area (Å²) in [5.74, 6) is 0. The van der Waals surface area contributed by atoms with Gasteiger partial charge in [0, 0.05) is 18.2 Å². The number of hydrogen-bond acceptors (Lipinski definition) is 5. The second-order valence-corrected chi connectivity index (χ2v) is 4.75. The lowest BCUT2D eigenvalue weighted by atomic mass is 10.1. The molecule has 9 heteroatoms. The molecule has 0 aliphatic rings. The van der Waals surface area contributed by atoms with Crippen molar-refractivity contribution in [1.82, 2.24) is 19.8 Å². The number of oxime groups is 1. The molecule has 1 heterocycles. The monoisotopic (exact) mass is 311 g/mol. The molecule has 0 saturated carbocycles. The van der Waals surface area contributed by atoms with Gasteiger partial charge in [-0.05, 0) is 30.3 Å². The van der Waals surface area contributed by atoms with Gasteiger partial charge in [0.1, 0.15) is 6.61 Å². The smallest absolute Gasteiger partial charge is 0.368 e. The summed E-state index contributed by atoms with van der Waals surface area (Å²) in [6.07, 6.45) is -2.71. The lowest BCUT2D eigenvalue weighted by molar-refractivity contribution is 0.118. The average molecular weight is 311 g/mol. The molecule has 2 aromatic rings. The Morgan fingerprint density at radius 1 is 1.36 bits per heavy atom. The van der Waals surface area contributed by atoms with Crippen molar-refractivity contribution in [2.75, 3.05) is 0 Å². The highest BCUT2D eigenvalue weighted by molar-refractivity contribution is 5.78. The summed E-state index contributed by atoms with van der Waals surface area (Å²) in [5.41, 5.74) is 0.208. The fourth-order valence-corrected chi connectivity index (χ4v) is 1.84. The SMILES string of the molecule is CC(C)=NOCc1c(C(F)F)cccc1-n1nnn(C)c1=O. The van der Waals surface area contributed by atoms with Crippen molar-refractivity contribution < 1.29 is 13.6 Å². The van der Waals surface area contributed by atoms with Gasteiger partial charge in [-0.15, -0.1) is 0 Å². The van der Waals surface area contributed by atoms with Crippen LogP contribution in [0.5, 0.6) is 0 Å². The van der Waals surface area contributed by atoms with Gasteiger partial charge in [-0.25, -0.2) is 13.6 Å². The van der Waals surface area contributed by atoms with Crippen LogP contribution in [0.15, 0.2) is 28.1 Å². The molecule has 0 fully saturated rings. The minimum atomic E-state index is -2.71. The Labute approximate surface area is 124 Å². The maximum absolute atomic E-state index is 13.2. The zero-order valence-electron chi connectivity index (χ0n) is 12.3. The maximum Gasteiger partial charge on any atom is 0.368 e. The highest BCUT2D eigenvalue weighted by atomic mass is 19.3. The number of aromatic nitrogens is 4. The second-order valence-electron chi connectivity index (χ2n) is 4.75. The molecule has 0 radical (unpaired) electrons. The molecule has 1 aromatic carbocycles. The molecule has 22 heavy (non-hydrogen) atoms. The standard InChI is InChI=1S/C13H15F2N5O2/c1-8(2)16-22-7-10-9(12(14)15)5-4-6-11(10)20-13(21)19(3)17-18-20/h4-6,12H,7H2,1-3H3. The second kappa shape index (κ2) is 6.46. The molecule has 0 spiro atoms. The summed E-state index contributed by atoms with van der Waals surface area (Å²) in [5, 5.41) is 11.0.